The molecule has 0 fully saturated rings. The summed E-state index contributed by atoms with van der Waals surface area (Å²) in [7, 11) is 0. The largest absolute Gasteiger partial charge is 0.426 e. The third kappa shape index (κ3) is 3.08. The van der Waals surface area contributed by atoms with Gasteiger partial charge in [0.25, 0.3) is 0 Å². The molecule has 0 saturated heterocycles. The molecule has 0 spiro atoms. The second-order valence-electron chi connectivity index (χ2n) is 3.84. The molecule has 18 heavy (non-hydrogen) atoms. The van der Waals surface area contributed by atoms with Crippen molar-refractivity contribution < 1.29 is 9.53 Å². The average molecular weight is 238 g/mol. The van der Waals surface area contributed by atoms with Crippen LogP contribution in [0.2, 0.25) is 0 Å². The Balaban J connectivity index is 2.45. The molecule has 0 atom stereocenters. The third-order valence-electron chi connectivity index (χ3n) is 2.45. The summed E-state index contributed by atoms with van der Waals surface area (Å²) < 4.78 is 5.25. The highest BCUT2D eigenvalue weighted by Crippen LogP contribution is 2.23. The first-order valence-electron chi connectivity index (χ1n) is 5.77. The molecule has 0 radical (unpaired) electrons. The van der Waals surface area contributed by atoms with Crippen LogP contribution in [0.1, 0.15) is 6.92 Å². The van der Waals surface area contributed by atoms with Gasteiger partial charge in [-0.2, -0.15) is 0 Å². The Bertz CT molecular complexity index is 532. The summed E-state index contributed by atoms with van der Waals surface area (Å²) >= 11 is 0. The van der Waals surface area contributed by atoms with Crippen molar-refractivity contribution >= 4 is 5.97 Å². The minimum Gasteiger partial charge on any atom is -0.426 e. The van der Waals surface area contributed by atoms with Gasteiger partial charge in [-0.3, -0.25) is 4.79 Å². The van der Waals surface area contributed by atoms with Crippen molar-refractivity contribution in [2.75, 3.05) is 0 Å². The first-order chi connectivity index (χ1) is 8.77. The fourth-order valence-electron chi connectivity index (χ4n) is 1.69. The van der Waals surface area contributed by atoms with E-state index in [0.29, 0.717) is 5.76 Å². The number of hydrogen-bond acceptors (Lipinski definition) is 2. The molecule has 2 heteroatoms. The van der Waals surface area contributed by atoms with Gasteiger partial charge in [0.2, 0.25) is 0 Å². The van der Waals surface area contributed by atoms with Crippen LogP contribution in [-0.2, 0) is 9.53 Å². The summed E-state index contributed by atoms with van der Waals surface area (Å²) in [5, 5.41) is 0. The topological polar surface area (TPSA) is 26.3 Å². The third-order valence-corrected chi connectivity index (χ3v) is 2.45. The number of carbonyl (C=O) groups excluding carboxylic acids is 1. The van der Waals surface area contributed by atoms with E-state index in [-0.39, 0.29) is 5.97 Å². The van der Waals surface area contributed by atoms with E-state index in [4.69, 9.17) is 4.74 Å². The normalized spacial score (nSPS) is 17.5. The highest BCUT2D eigenvalue weighted by Gasteiger charge is 2.10. The first kappa shape index (κ1) is 12.1. The Labute approximate surface area is 107 Å². The van der Waals surface area contributed by atoms with Gasteiger partial charge in [0.05, 0.1) is 0 Å². The minimum absolute atomic E-state index is 0.317. The van der Waals surface area contributed by atoms with E-state index >= 15 is 0 Å². The summed E-state index contributed by atoms with van der Waals surface area (Å²) in [6.45, 7) is 1.40. The second-order valence-corrected chi connectivity index (χ2v) is 3.84. The number of carbonyl (C=O) groups is 1. The van der Waals surface area contributed by atoms with Crippen molar-refractivity contribution in [3.63, 3.8) is 0 Å². The van der Waals surface area contributed by atoms with Crippen molar-refractivity contribution in [2.45, 2.75) is 6.92 Å². The molecule has 0 saturated carbocycles. The Morgan fingerprint density at radius 2 is 1.50 bits per heavy atom. The van der Waals surface area contributed by atoms with E-state index in [0.717, 1.165) is 11.1 Å². The molecule has 0 bridgehead atoms. The van der Waals surface area contributed by atoms with Gasteiger partial charge in [-0.25, -0.2) is 0 Å². The van der Waals surface area contributed by atoms with Crippen LogP contribution in [0.25, 0.3) is 0 Å². The van der Waals surface area contributed by atoms with Gasteiger partial charge >= 0.3 is 5.97 Å². The van der Waals surface area contributed by atoms with Crippen molar-refractivity contribution in [3.05, 3.63) is 83.7 Å². The van der Waals surface area contributed by atoms with Crippen LogP contribution in [0.3, 0.4) is 0 Å². The van der Waals surface area contributed by atoms with E-state index in [1.807, 2.05) is 60.8 Å². The van der Waals surface area contributed by atoms with E-state index in [9.17, 15) is 4.79 Å². The van der Waals surface area contributed by atoms with Gasteiger partial charge < -0.3 is 4.74 Å². The molecule has 2 nitrogen and oxygen atoms in total. The molecule has 0 aromatic carbocycles. The van der Waals surface area contributed by atoms with Crippen molar-refractivity contribution in [1.82, 2.24) is 0 Å². The Morgan fingerprint density at radius 3 is 2.17 bits per heavy atom. The lowest BCUT2D eigenvalue weighted by molar-refractivity contribution is -0.136. The van der Waals surface area contributed by atoms with Gasteiger partial charge in [0.1, 0.15) is 5.76 Å². The lowest BCUT2D eigenvalue weighted by atomic mass is 10.0. The smallest absolute Gasteiger partial charge is 0.308 e. The Morgan fingerprint density at radius 1 is 0.889 bits per heavy atom. The molecule has 0 heterocycles. The highest BCUT2D eigenvalue weighted by atomic mass is 16.5. The SMILES string of the molecule is CC(=O)OC1=CC=CC=CC1=C1C=CC=CC=C1. The Kier molecular flexibility index (Phi) is 3.92. The zero-order chi connectivity index (χ0) is 12.8. The number of esters is 1. The molecule has 0 aromatic rings. The first-order valence-corrected chi connectivity index (χ1v) is 5.77. The molecule has 0 aliphatic heterocycles. The number of allylic oxidation sites excluding steroid dienone is 12. The van der Waals surface area contributed by atoms with E-state index in [1.165, 1.54) is 6.92 Å². The Hall–Kier alpha value is -2.35. The van der Waals surface area contributed by atoms with Crippen LogP contribution >= 0.6 is 0 Å². The van der Waals surface area contributed by atoms with Crippen LogP contribution < -0.4 is 0 Å². The molecule has 0 amide bonds. The van der Waals surface area contributed by atoms with Crippen LogP contribution in [0.15, 0.2) is 83.7 Å². The molecule has 0 unspecified atom stereocenters. The van der Waals surface area contributed by atoms with Crippen LogP contribution in [0, 0.1) is 0 Å². The van der Waals surface area contributed by atoms with Gasteiger partial charge in [-0.1, -0.05) is 60.8 Å². The zero-order valence-corrected chi connectivity index (χ0v) is 10.2. The van der Waals surface area contributed by atoms with Gasteiger partial charge in [-0.15, -0.1) is 0 Å². The molecular weight excluding hydrogens is 224 g/mol. The van der Waals surface area contributed by atoms with Gasteiger partial charge in [-0.05, 0) is 11.6 Å². The van der Waals surface area contributed by atoms with Crippen molar-refractivity contribution in [2.24, 2.45) is 0 Å². The summed E-state index contributed by atoms with van der Waals surface area (Å²) in [6.07, 6.45) is 21.2. The maximum atomic E-state index is 11.1. The van der Waals surface area contributed by atoms with Crippen molar-refractivity contribution in [3.8, 4) is 0 Å². The second kappa shape index (κ2) is 5.82. The van der Waals surface area contributed by atoms with Crippen molar-refractivity contribution in [1.29, 1.82) is 0 Å². The molecule has 0 N–H and O–H groups in total. The molecule has 2 rings (SSSR count). The lowest BCUT2D eigenvalue weighted by Crippen LogP contribution is -2.01. The number of hydrogen-bond donors (Lipinski definition) is 0. The standard InChI is InChI=1S/C16H14O2/c1-13(17)18-16-12-8-4-7-11-15(16)14-9-5-2-3-6-10-14/h2-12H,1H3. The maximum Gasteiger partial charge on any atom is 0.308 e. The molecule has 0 aromatic heterocycles. The monoisotopic (exact) mass is 238 g/mol. The van der Waals surface area contributed by atoms with Gasteiger partial charge in [0.15, 0.2) is 0 Å². The number of rotatable bonds is 1. The molecule has 90 valence electrons. The van der Waals surface area contributed by atoms with E-state index in [1.54, 1.807) is 6.08 Å². The predicted molar refractivity (Wildman–Crippen MR) is 72.6 cm³/mol. The summed E-state index contributed by atoms with van der Waals surface area (Å²) in [5.74, 6) is 0.251. The average Bonchev–Trinajstić information content (AvgIpc) is 2.70. The zero-order valence-electron chi connectivity index (χ0n) is 10.2. The molecule has 2 aliphatic carbocycles. The van der Waals surface area contributed by atoms with Crippen LogP contribution in [-0.4, -0.2) is 5.97 Å². The fraction of sp³-hybridized carbons (Fsp3) is 0.0625. The quantitative estimate of drug-likeness (QED) is 0.653. The van der Waals surface area contributed by atoms with Crippen LogP contribution in [0.4, 0.5) is 0 Å². The summed E-state index contributed by atoms with van der Waals surface area (Å²) in [5.41, 5.74) is 1.90. The molecule has 2 aliphatic rings. The van der Waals surface area contributed by atoms with E-state index in [2.05, 4.69) is 0 Å². The summed E-state index contributed by atoms with van der Waals surface area (Å²) in [4.78, 5) is 11.1. The number of ether oxygens (including phenoxy) is 1. The predicted octanol–water partition coefficient (Wildman–Crippen LogP) is 3.54. The lowest BCUT2D eigenvalue weighted by Gasteiger charge is -2.09. The minimum atomic E-state index is -0.317. The summed E-state index contributed by atoms with van der Waals surface area (Å²) in [6, 6.07) is 0. The highest BCUT2D eigenvalue weighted by molar-refractivity contribution is 5.69. The molecular formula is C16H14O2. The van der Waals surface area contributed by atoms with Gasteiger partial charge in [0, 0.05) is 12.5 Å². The maximum absolute atomic E-state index is 11.1. The van der Waals surface area contributed by atoms with Crippen LogP contribution in [0.5, 0.6) is 0 Å². The van der Waals surface area contributed by atoms with E-state index < -0.39 is 0 Å². The fourth-order valence-corrected chi connectivity index (χ4v) is 1.69.